The van der Waals surface area contributed by atoms with Crippen LogP contribution in [0.4, 0.5) is 5.82 Å². The molecule has 1 N–H and O–H groups in total. The van der Waals surface area contributed by atoms with Gasteiger partial charge in [-0.25, -0.2) is 4.68 Å². The summed E-state index contributed by atoms with van der Waals surface area (Å²) in [6.45, 7) is 4.72. The van der Waals surface area contributed by atoms with Gasteiger partial charge in [-0.2, -0.15) is 10.1 Å². The fourth-order valence-corrected chi connectivity index (χ4v) is 2.69. The number of benzene rings is 1. The molecule has 7 nitrogen and oxygen atoms in total. The minimum Gasteiger partial charge on any atom is -0.339 e. The van der Waals surface area contributed by atoms with Crippen LogP contribution >= 0.6 is 0 Å². The van der Waals surface area contributed by atoms with Gasteiger partial charge >= 0.3 is 0 Å². The number of hydrogen-bond donors (Lipinski definition) is 1. The molecule has 0 fully saturated rings. The summed E-state index contributed by atoms with van der Waals surface area (Å²) in [5.41, 5.74) is 2.33. The van der Waals surface area contributed by atoms with E-state index >= 15 is 0 Å². The Morgan fingerprint density at radius 1 is 1.27 bits per heavy atom. The second-order valence-electron chi connectivity index (χ2n) is 6.27. The molecule has 0 aliphatic rings. The van der Waals surface area contributed by atoms with E-state index in [2.05, 4.69) is 46.5 Å². The van der Waals surface area contributed by atoms with E-state index < -0.39 is 0 Å². The van der Waals surface area contributed by atoms with Crippen molar-refractivity contribution in [2.75, 3.05) is 5.32 Å². The highest BCUT2D eigenvalue weighted by molar-refractivity contribution is 5.89. The van der Waals surface area contributed by atoms with Crippen LogP contribution < -0.4 is 5.32 Å². The standard InChI is InChI=1S/C19H23N5O2/c1-3-5-16-21-19(26-23-16)9-8-18(25)22-17-10-11-20-24(17)13-15-7-4-6-14(2)12-15/h4,6-7,10-12H,3,5,8-9,13H2,1-2H3,(H,22,25). The third kappa shape index (κ3) is 4.78. The van der Waals surface area contributed by atoms with E-state index in [1.54, 1.807) is 16.9 Å². The predicted molar refractivity (Wildman–Crippen MR) is 97.8 cm³/mol. The monoisotopic (exact) mass is 353 g/mol. The van der Waals surface area contributed by atoms with Gasteiger partial charge in [-0.15, -0.1) is 0 Å². The minimum atomic E-state index is -0.105. The molecule has 3 rings (SSSR count). The Kier molecular flexibility index (Phi) is 5.78. The van der Waals surface area contributed by atoms with Gasteiger partial charge in [-0.3, -0.25) is 4.79 Å². The van der Waals surface area contributed by atoms with Crippen molar-refractivity contribution in [3.05, 3.63) is 59.4 Å². The van der Waals surface area contributed by atoms with Crippen molar-refractivity contribution in [2.45, 2.75) is 46.1 Å². The summed E-state index contributed by atoms with van der Waals surface area (Å²) in [7, 11) is 0. The number of rotatable bonds is 8. The number of carbonyl (C=O) groups is 1. The van der Waals surface area contributed by atoms with E-state index in [0.29, 0.717) is 30.5 Å². The van der Waals surface area contributed by atoms with Gasteiger partial charge < -0.3 is 9.84 Å². The van der Waals surface area contributed by atoms with Crippen LogP contribution in [0.2, 0.25) is 0 Å². The van der Waals surface area contributed by atoms with Crippen molar-refractivity contribution in [3.63, 3.8) is 0 Å². The van der Waals surface area contributed by atoms with Crippen molar-refractivity contribution < 1.29 is 9.32 Å². The van der Waals surface area contributed by atoms with E-state index in [-0.39, 0.29) is 12.3 Å². The number of aromatic nitrogens is 4. The van der Waals surface area contributed by atoms with E-state index in [4.69, 9.17) is 4.52 Å². The summed E-state index contributed by atoms with van der Waals surface area (Å²) < 4.78 is 6.93. The van der Waals surface area contributed by atoms with Gasteiger partial charge in [0.1, 0.15) is 5.82 Å². The molecule has 7 heteroatoms. The Morgan fingerprint density at radius 3 is 2.96 bits per heavy atom. The maximum Gasteiger partial charge on any atom is 0.227 e. The lowest BCUT2D eigenvalue weighted by Crippen LogP contribution is -2.16. The van der Waals surface area contributed by atoms with Gasteiger partial charge in [0.05, 0.1) is 12.7 Å². The first-order chi connectivity index (χ1) is 12.6. The number of nitrogens with zero attached hydrogens (tertiary/aromatic N) is 4. The summed E-state index contributed by atoms with van der Waals surface area (Å²) in [5.74, 6) is 1.76. The Hall–Kier alpha value is -2.96. The number of amides is 1. The number of aryl methyl sites for hydroxylation is 3. The van der Waals surface area contributed by atoms with Crippen LogP contribution in [0.3, 0.4) is 0 Å². The zero-order valence-corrected chi connectivity index (χ0v) is 15.1. The Bertz CT molecular complexity index is 868. The highest BCUT2D eigenvalue weighted by atomic mass is 16.5. The summed E-state index contributed by atoms with van der Waals surface area (Å²) in [6, 6.07) is 10.0. The van der Waals surface area contributed by atoms with E-state index in [1.165, 1.54) is 5.56 Å². The largest absolute Gasteiger partial charge is 0.339 e. The van der Waals surface area contributed by atoms with Gasteiger partial charge in [0.25, 0.3) is 0 Å². The summed E-state index contributed by atoms with van der Waals surface area (Å²) in [5, 5.41) is 11.1. The lowest BCUT2D eigenvalue weighted by atomic mass is 10.1. The average molecular weight is 353 g/mol. The van der Waals surface area contributed by atoms with Crippen molar-refractivity contribution in [1.82, 2.24) is 19.9 Å². The molecular weight excluding hydrogens is 330 g/mol. The fraction of sp³-hybridized carbons (Fsp3) is 0.368. The summed E-state index contributed by atoms with van der Waals surface area (Å²) >= 11 is 0. The molecule has 3 aromatic rings. The number of carbonyl (C=O) groups excluding carboxylic acids is 1. The Morgan fingerprint density at radius 2 is 2.15 bits per heavy atom. The molecule has 0 bridgehead atoms. The zero-order valence-electron chi connectivity index (χ0n) is 15.1. The Labute approximate surface area is 152 Å². The molecule has 1 amide bonds. The molecule has 26 heavy (non-hydrogen) atoms. The zero-order chi connectivity index (χ0) is 18.4. The first kappa shape index (κ1) is 17.8. The van der Waals surface area contributed by atoms with Crippen LogP contribution in [0, 0.1) is 6.92 Å². The van der Waals surface area contributed by atoms with Crippen molar-refractivity contribution in [1.29, 1.82) is 0 Å². The van der Waals surface area contributed by atoms with Gasteiger partial charge in [-0.05, 0) is 18.9 Å². The number of nitrogens with one attached hydrogen (secondary N) is 1. The van der Waals surface area contributed by atoms with Gasteiger partial charge in [-0.1, -0.05) is 41.9 Å². The molecule has 0 atom stereocenters. The lowest BCUT2D eigenvalue weighted by Gasteiger charge is -2.09. The maximum absolute atomic E-state index is 12.2. The number of hydrogen-bond acceptors (Lipinski definition) is 5. The highest BCUT2D eigenvalue weighted by Crippen LogP contribution is 2.12. The van der Waals surface area contributed by atoms with E-state index in [1.807, 2.05) is 12.1 Å². The lowest BCUT2D eigenvalue weighted by molar-refractivity contribution is -0.116. The normalized spacial score (nSPS) is 10.8. The second kappa shape index (κ2) is 8.42. The van der Waals surface area contributed by atoms with Crippen LogP contribution in [0.5, 0.6) is 0 Å². The molecule has 136 valence electrons. The SMILES string of the molecule is CCCc1noc(CCC(=O)Nc2ccnn2Cc2cccc(C)c2)n1. The van der Waals surface area contributed by atoms with Crippen molar-refractivity contribution in [2.24, 2.45) is 0 Å². The number of anilines is 1. The molecular formula is C19H23N5O2. The minimum absolute atomic E-state index is 0.105. The van der Waals surface area contributed by atoms with Gasteiger partial charge in [0.15, 0.2) is 5.82 Å². The topological polar surface area (TPSA) is 85.8 Å². The fourth-order valence-electron chi connectivity index (χ4n) is 2.69. The first-order valence-electron chi connectivity index (χ1n) is 8.82. The van der Waals surface area contributed by atoms with Crippen LogP contribution in [-0.4, -0.2) is 25.8 Å². The van der Waals surface area contributed by atoms with Crippen molar-refractivity contribution in [3.8, 4) is 0 Å². The molecule has 0 saturated heterocycles. The van der Waals surface area contributed by atoms with Crippen LogP contribution in [0.1, 0.15) is 42.6 Å². The maximum atomic E-state index is 12.2. The van der Waals surface area contributed by atoms with Gasteiger partial charge in [0, 0.05) is 25.3 Å². The highest BCUT2D eigenvalue weighted by Gasteiger charge is 2.11. The molecule has 0 saturated carbocycles. The van der Waals surface area contributed by atoms with Crippen LogP contribution in [0.15, 0.2) is 41.1 Å². The molecule has 0 radical (unpaired) electrons. The summed E-state index contributed by atoms with van der Waals surface area (Å²) in [4.78, 5) is 16.5. The summed E-state index contributed by atoms with van der Waals surface area (Å²) in [6.07, 6.45) is 4.14. The van der Waals surface area contributed by atoms with Crippen molar-refractivity contribution >= 4 is 11.7 Å². The Balaban J connectivity index is 1.55. The third-order valence-corrected chi connectivity index (χ3v) is 3.95. The first-order valence-corrected chi connectivity index (χ1v) is 8.82. The molecule has 0 unspecified atom stereocenters. The molecule has 2 heterocycles. The van der Waals surface area contributed by atoms with Gasteiger partial charge in [0.2, 0.25) is 11.8 Å². The smallest absolute Gasteiger partial charge is 0.227 e. The molecule has 2 aromatic heterocycles. The third-order valence-electron chi connectivity index (χ3n) is 3.95. The van der Waals surface area contributed by atoms with Crippen LogP contribution in [-0.2, 0) is 24.2 Å². The van der Waals surface area contributed by atoms with E-state index in [0.717, 1.165) is 18.4 Å². The molecule has 0 aliphatic heterocycles. The van der Waals surface area contributed by atoms with E-state index in [9.17, 15) is 4.79 Å². The second-order valence-corrected chi connectivity index (χ2v) is 6.27. The molecule has 1 aromatic carbocycles. The average Bonchev–Trinajstić information content (AvgIpc) is 3.23. The molecule has 0 aliphatic carbocycles. The van der Waals surface area contributed by atoms with Crippen LogP contribution in [0.25, 0.3) is 0 Å². The molecule has 0 spiro atoms. The quantitative estimate of drug-likeness (QED) is 0.672. The predicted octanol–water partition coefficient (Wildman–Crippen LogP) is 3.15.